The van der Waals surface area contributed by atoms with Crippen molar-refractivity contribution in [2.75, 3.05) is 13.6 Å². The molecule has 1 heteroatoms. The predicted molar refractivity (Wildman–Crippen MR) is 69.8 cm³/mol. The SMILES string of the molecule is C=C/C=C\C(=C)N(C)CCCCCC=C. The molecule has 1 nitrogen and oxygen atoms in total. The molecule has 0 unspecified atom stereocenters. The third kappa shape index (κ3) is 7.80. The summed E-state index contributed by atoms with van der Waals surface area (Å²) in [5.41, 5.74) is 1.04. The van der Waals surface area contributed by atoms with Crippen LogP contribution in [0.2, 0.25) is 0 Å². The molecule has 0 aromatic carbocycles. The summed E-state index contributed by atoms with van der Waals surface area (Å²) in [5.74, 6) is 0. The minimum Gasteiger partial charge on any atom is -0.375 e. The van der Waals surface area contributed by atoms with Gasteiger partial charge in [-0.25, -0.2) is 0 Å². The first kappa shape index (κ1) is 13.8. The van der Waals surface area contributed by atoms with Crippen LogP contribution in [0.3, 0.4) is 0 Å². The van der Waals surface area contributed by atoms with E-state index in [0.29, 0.717) is 0 Å². The minimum atomic E-state index is 1.04. The fourth-order valence-electron chi connectivity index (χ4n) is 1.26. The summed E-state index contributed by atoms with van der Waals surface area (Å²) < 4.78 is 0. The highest BCUT2D eigenvalue weighted by atomic mass is 15.1. The maximum atomic E-state index is 3.98. The van der Waals surface area contributed by atoms with Crippen LogP contribution in [0.1, 0.15) is 25.7 Å². The van der Waals surface area contributed by atoms with Crippen LogP contribution in [0.15, 0.2) is 49.7 Å². The van der Waals surface area contributed by atoms with E-state index in [2.05, 4.69) is 31.7 Å². The number of likely N-dealkylation sites (N-methyl/N-ethyl adjacent to an activating group) is 1. The summed E-state index contributed by atoms with van der Waals surface area (Å²) in [4.78, 5) is 2.17. The summed E-state index contributed by atoms with van der Waals surface area (Å²) in [6.07, 6.45) is 12.5. The lowest BCUT2D eigenvalue weighted by Crippen LogP contribution is -2.17. The molecule has 0 amide bonds. The van der Waals surface area contributed by atoms with Gasteiger partial charge in [-0.1, -0.05) is 37.8 Å². The first-order chi connectivity index (χ1) is 7.22. The summed E-state index contributed by atoms with van der Waals surface area (Å²) in [6, 6.07) is 0. The highest BCUT2D eigenvalue weighted by molar-refractivity contribution is 5.16. The zero-order valence-corrected chi connectivity index (χ0v) is 9.91. The first-order valence-corrected chi connectivity index (χ1v) is 5.52. The van der Waals surface area contributed by atoms with Gasteiger partial charge in [0.05, 0.1) is 0 Å². The van der Waals surface area contributed by atoms with Gasteiger partial charge in [-0.3, -0.25) is 0 Å². The normalized spacial score (nSPS) is 10.2. The first-order valence-electron chi connectivity index (χ1n) is 5.52. The Balaban J connectivity index is 3.59. The fourth-order valence-corrected chi connectivity index (χ4v) is 1.26. The van der Waals surface area contributed by atoms with Crippen molar-refractivity contribution in [3.05, 3.63) is 49.7 Å². The number of allylic oxidation sites excluding steroid dienone is 4. The van der Waals surface area contributed by atoms with Crippen molar-refractivity contribution in [2.45, 2.75) is 25.7 Å². The van der Waals surface area contributed by atoms with Gasteiger partial charge in [0, 0.05) is 19.3 Å². The maximum absolute atomic E-state index is 3.98. The third-order valence-electron chi connectivity index (χ3n) is 2.32. The van der Waals surface area contributed by atoms with Crippen molar-refractivity contribution in [1.82, 2.24) is 4.90 Å². The van der Waals surface area contributed by atoms with E-state index in [1.54, 1.807) is 6.08 Å². The maximum Gasteiger partial charge on any atom is 0.0290 e. The Morgan fingerprint density at radius 2 is 1.93 bits per heavy atom. The molecule has 0 saturated heterocycles. The van der Waals surface area contributed by atoms with Gasteiger partial charge < -0.3 is 4.90 Å². The summed E-state index contributed by atoms with van der Waals surface area (Å²) in [7, 11) is 2.07. The average Bonchev–Trinajstić information content (AvgIpc) is 2.25. The van der Waals surface area contributed by atoms with E-state index in [0.717, 1.165) is 18.7 Å². The Labute approximate surface area is 94.5 Å². The van der Waals surface area contributed by atoms with Gasteiger partial charge in [0.15, 0.2) is 0 Å². The van der Waals surface area contributed by atoms with Crippen LogP contribution in [0, 0.1) is 0 Å². The Morgan fingerprint density at radius 1 is 1.20 bits per heavy atom. The molecule has 0 N–H and O–H groups in total. The summed E-state index contributed by atoms with van der Waals surface area (Å²) in [5, 5.41) is 0. The van der Waals surface area contributed by atoms with Crippen molar-refractivity contribution in [3.63, 3.8) is 0 Å². The summed E-state index contributed by atoms with van der Waals surface area (Å²) >= 11 is 0. The van der Waals surface area contributed by atoms with Gasteiger partial charge >= 0.3 is 0 Å². The van der Waals surface area contributed by atoms with Crippen molar-refractivity contribution >= 4 is 0 Å². The second kappa shape index (κ2) is 9.32. The van der Waals surface area contributed by atoms with Crippen LogP contribution in [0.25, 0.3) is 0 Å². The van der Waals surface area contributed by atoms with E-state index in [1.165, 1.54) is 19.3 Å². The second-order valence-corrected chi connectivity index (χ2v) is 3.65. The molecule has 15 heavy (non-hydrogen) atoms. The minimum absolute atomic E-state index is 1.04. The highest BCUT2D eigenvalue weighted by Crippen LogP contribution is 2.05. The van der Waals surface area contributed by atoms with Crippen molar-refractivity contribution < 1.29 is 0 Å². The topological polar surface area (TPSA) is 3.24 Å². The van der Waals surface area contributed by atoms with Gasteiger partial charge in [0.2, 0.25) is 0 Å². The van der Waals surface area contributed by atoms with Gasteiger partial charge in [-0.05, 0) is 25.3 Å². The van der Waals surface area contributed by atoms with E-state index in [1.807, 2.05) is 18.2 Å². The lowest BCUT2D eigenvalue weighted by atomic mass is 10.2. The summed E-state index contributed by atoms with van der Waals surface area (Å²) in [6.45, 7) is 12.4. The lowest BCUT2D eigenvalue weighted by Gasteiger charge is -2.18. The average molecular weight is 205 g/mol. The second-order valence-electron chi connectivity index (χ2n) is 3.65. The molecule has 0 heterocycles. The van der Waals surface area contributed by atoms with Gasteiger partial charge in [-0.2, -0.15) is 0 Å². The molecule has 0 rings (SSSR count). The molecule has 0 aliphatic carbocycles. The number of nitrogens with zero attached hydrogens (tertiary/aromatic N) is 1. The van der Waals surface area contributed by atoms with Crippen LogP contribution in [0.5, 0.6) is 0 Å². The third-order valence-corrected chi connectivity index (χ3v) is 2.32. The van der Waals surface area contributed by atoms with Crippen LogP contribution in [-0.2, 0) is 0 Å². The quantitative estimate of drug-likeness (QED) is 0.313. The highest BCUT2D eigenvalue weighted by Gasteiger charge is 1.97. The molecule has 0 atom stereocenters. The smallest absolute Gasteiger partial charge is 0.0290 e. The fraction of sp³-hybridized carbons (Fsp3) is 0.429. The van der Waals surface area contributed by atoms with Crippen LogP contribution < -0.4 is 0 Å². The van der Waals surface area contributed by atoms with E-state index in [9.17, 15) is 0 Å². The van der Waals surface area contributed by atoms with Crippen molar-refractivity contribution in [3.8, 4) is 0 Å². The Morgan fingerprint density at radius 3 is 2.53 bits per heavy atom. The zero-order chi connectivity index (χ0) is 11.5. The van der Waals surface area contributed by atoms with Gasteiger partial charge in [0.25, 0.3) is 0 Å². The van der Waals surface area contributed by atoms with Crippen LogP contribution in [-0.4, -0.2) is 18.5 Å². The molecule has 0 saturated carbocycles. The largest absolute Gasteiger partial charge is 0.375 e. The molecule has 0 spiro atoms. The molecule has 0 aliphatic rings. The molecular weight excluding hydrogens is 182 g/mol. The van der Waals surface area contributed by atoms with Crippen molar-refractivity contribution in [2.24, 2.45) is 0 Å². The Bertz CT molecular complexity index is 225. The molecule has 0 fully saturated rings. The number of hydrogen-bond acceptors (Lipinski definition) is 1. The molecule has 0 radical (unpaired) electrons. The van der Waals surface area contributed by atoms with E-state index in [4.69, 9.17) is 0 Å². The van der Waals surface area contributed by atoms with Crippen LogP contribution >= 0.6 is 0 Å². The molecular formula is C14H23N. The van der Waals surface area contributed by atoms with Crippen LogP contribution in [0.4, 0.5) is 0 Å². The lowest BCUT2D eigenvalue weighted by molar-refractivity contribution is 0.412. The number of rotatable bonds is 9. The van der Waals surface area contributed by atoms with E-state index < -0.39 is 0 Å². The number of unbranched alkanes of at least 4 members (excludes halogenated alkanes) is 3. The molecule has 84 valence electrons. The monoisotopic (exact) mass is 205 g/mol. The molecule has 0 aromatic heterocycles. The number of hydrogen-bond donors (Lipinski definition) is 0. The Hall–Kier alpha value is -1.24. The van der Waals surface area contributed by atoms with E-state index in [-0.39, 0.29) is 0 Å². The zero-order valence-electron chi connectivity index (χ0n) is 9.91. The molecule has 0 bridgehead atoms. The van der Waals surface area contributed by atoms with Crippen molar-refractivity contribution in [1.29, 1.82) is 0 Å². The molecule has 0 aromatic rings. The molecule has 0 aliphatic heterocycles. The Kier molecular flexibility index (Phi) is 8.55. The van der Waals surface area contributed by atoms with E-state index >= 15 is 0 Å². The standard InChI is InChI=1S/C14H23N/c1-5-7-9-10-11-13-15(4)14(3)12-8-6-2/h5-6,8,12H,1-3,7,9-11,13H2,4H3/b12-8-. The van der Waals surface area contributed by atoms with Gasteiger partial charge in [0.1, 0.15) is 0 Å². The van der Waals surface area contributed by atoms with Gasteiger partial charge in [-0.15, -0.1) is 6.58 Å². The predicted octanol–water partition coefficient (Wildman–Crippen LogP) is 3.92.